The highest BCUT2D eigenvalue weighted by atomic mass is 35.5. The first-order valence-electron chi connectivity index (χ1n) is 5.33. The van der Waals surface area contributed by atoms with E-state index in [2.05, 4.69) is 9.97 Å². The Morgan fingerprint density at radius 2 is 1.40 bits per heavy atom. The van der Waals surface area contributed by atoms with Crippen molar-refractivity contribution in [2.45, 2.75) is 0 Å². The number of hydrogen-bond donors (Lipinski definition) is 0. The van der Waals surface area contributed by atoms with E-state index < -0.39 is 0 Å². The molecule has 1 aromatic heterocycles. The maximum Gasteiger partial charge on any atom is 0.214 e. The molecule has 5 nitrogen and oxygen atoms in total. The van der Waals surface area contributed by atoms with E-state index in [0.717, 1.165) is 0 Å². The summed E-state index contributed by atoms with van der Waals surface area (Å²) in [6.07, 6.45) is 0. The average molecular weight is 301 g/mol. The summed E-state index contributed by atoms with van der Waals surface area (Å²) in [5.74, 6) is -0.387. The highest BCUT2D eigenvalue weighted by Gasteiger charge is 2.32. The van der Waals surface area contributed by atoms with Crippen molar-refractivity contribution in [2.75, 3.05) is 0 Å². The summed E-state index contributed by atoms with van der Waals surface area (Å²) in [6, 6.07) is 6.47. The maximum absolute atomic E-state index is 12.2. The number of halogens is 2. The number of aromatic nitrogens is 2. The van der Waals surface area contributed by atoms with E-state index in [0.29, 0.717) is 11.1 Å². The van der Waals surface area contributed by atoms with Gasteiger partial charge in [0, 0.05) is 11.1 Å². The number of benzene rings is 1. The number of ketones is 1. The molecule has 20 heavy (non-hydrogen) atoms. The van der Waals surface area contributed by atoms with Crippen LogP contribution in [0.5, 0.6) is 0 Å². The molecule has 1 aliphatic rings. The lowest BCUT2D eigenvalue weighted by atomic mass is 10.1. The van der Waals surface area contributed by atoms with Gasteiger partial charge >= 0.3 is 0 Å². The van der Waals surface area contributed by atoms with Crippen LogP contribution in [-0.2, 0) is 0 Å². The van der Waals surface area contributed by atoms with Gasteiger partial charge in [0.05, 0.1) is 10.0 Å². The van der Waals surface area contributed by atoms with Gasteiger partial charge in [0.2, 0.25) is 5.78 Å². The van der Waals surface area contributed by atoms with Crippen LogP contribution >= 0.6 is 23.2 Å². The lowest BCUT2D eigenvalue weighted by molar-refractivity contribution is 0.103. The monoisotopic (exact) mass is 300 g/mol. The summed E-state index contributed by atoms with van der Waals surface area (Å²) in [6.45, 7) is 0. The summed E-state index contributed by atoms with van der Waals surface area (Å²) >= 11 is 11.8. The predicted molar refractivity (Wildman–Crippen MR) is 70.4 cm³/mol. The number of rotatable bonds is 0. The Morgan fingerprint density at radius 1 is 0.900 bits per heavy atom. The zero-order chi connectivity index (χ0) is 14.4. The molecule has 0 fully saturated rings. The van der Waals surface area contributed by atoms with Crippen molar-refractivity contribution in [3.05, 3.63) is 44.8 Å². The van der Waals surface area contributed by atoms with Crippen LogP contribution < -0.4 is 0 Å². The second-order valence-corrected chi connectivity index (χ2v) is 4.80. The predicted octanol–water partition coefficient (Wildman–Crippen LogP) is 2.74. The molecule has 0 bridgehead atoms. The Kier molecular flexibility index (Phi) is 2.69. The van der Waals surface area contributed by atoms with E-state index >= 15 is 0 Å². The van der Waals surface area contributed by atoms with Crippen LogP contribution in [0.1, 0.15) is 27.4 Å². The third kappa shape index (κ3) is 1.58. The molecule has 3 rings (SSSR count). The molecule has 0 N–H and O–H groups in total. The van der Waals surface area contributed by atoms with E-state index in [-0.39, 0.29) is 38.6 Å². The van der Waals surface area contributed by atoms with Gasteiger partial charge in [-0.15, -0.1) is 0 Å². The minimum absolute atomic E-state index is 0.0360. The van der Waals surface area contributed by atoms with Crippen LogP contribution in [0.3, 0.4) is 0 Å². The maximum atomic E-state index is 12.2. The largest absolute Gasteiger partial charge is 0.287 e. The molecule has 2 aromatic rings. The summed E-state index contributed by atoms with van der Waals surface area (Å²) < 4.78 is 0. The fourth-order valence-electron chi connectivity index (χ4n) is 2.00. The van der Waals surface area contributed by atoms with Gasteiger partial charge in [-0.2, -0.15) is 10.5 Å². The van der Waals surface area contributed by atoms with Crippen molar-refractivity contribution >= 4 is 29.0 Å². The third-order valence-corrected chi connectivity index (χ3v) is 3.61. The van der Waals surface area contributed by atoms with Crippen LogP contribution in [0.4, 0.5) is 0 Å². The SMILES string of the molecule is N#Cc1nc2c(nc1C#N)-c1cc(Cl)c(Cl)cc1C2=O. The minimum atomic E-state index is -0.387. The topological polar surface area (TPSA) is 90.4 Å². The van der Waals surface area contributed by atoms with Crippen molar-refractivity contribution in [1.82, 2.24) is 9.97 Å². The molecule has 1 aromatic carbocycles. The average Bonchev–Trinajstić information content (AvgIpc) is 2.71. The zero-order valence-corrected chi connectivity index (χ0v) is 11.1. The molecular weight excluding hydrogens is 299 g/mol. The van der Waals surface area contributed by atoms with E-state index in [1.54, 1.807) is 12.1 Å². The highest BCUT2D eigenvalue weighted by Crippen LogP contribution is 2.39. The van der Waals surface area contributed by atoms with E-state index in [1.807, 2.05) is 0 Å². The van der Waals surface area contributed by atoms with Crippen LogP contribution in [0.2, 0.25) is 10.0 Å². The molecule has 1 aliphatic carbocycles. The Morgan fingerprint density at radius 3 is 1.95 bits per heavy atom. The summed E-state index contributed by atoms with van der Waals surface area (Å²) in [7, 11) is 0. The van der Waals surface area contributed by atoms with E-state index in [9.17, 15) is 4.79 Å². The second-order valence-electron chi connectivity index (χ2n) is 3.98. The Balaban J connectivity index is 2.38. The van der Waals surface area contributed by atoms with Gasteiger partial charge in [-0.3, -0.25) is 4.79 Å². The number of nitriles is 2. The molecule has 7 heteroatoms. The zero-order valence-electron chi connectivity index (χ0n) is 9.61. The first kappa shape index (κ1) is 12.6. The third-order valence-electron chi connectivity index (χ3n) is 2.88. The van der Waals surface area contributed by atoms with Crippen molar-refractivity contribution in [3.8, 4) is 23.4 Å². The minimum Gasteiger partial charge on any atom is -0.287 e. The van der Waals surface area contributed by atoms with Crippen molar-refractivity contribution < 1.29 is 4.79 Å². The van der Waals surface area contributed by atoms with Gasteiger partial charge in [0.15, 0.2) is 11.4 Å². The highest BCUT2D eigenvalue weighted by molar-refractivity contribution is 6.43. The van der Waals surface area contributed by atoms with Crippen LogP contribution in [0.25, 0.3) is 11.3 Å². The number of hydrogen-bond acceptors (Lipinski definition) is 5. The summed E-state index contributed by atoms with van der Waals surface area (Å²) in [5, 5.41) is 18.4. The Hall–Kier alpha value is -2.47. The van der Waals surface area contributed by atoms with Crippen molar-refractivity contribution in [3.63, 3.8) is 0 Å². The first-order valence-corrected chi connectivity index (χ1v) is 6.08. The smallest absolute Gasteiger partial charge is 0.214 e. The molecule has 94 valence electrons. The molecule has 0 spiro atoms. The molecule has 0 saturated carbocycles. The van der Waals surface area contributed by atoms with Gasteiger partial charge in [0.25, 0.3) is 0 Å². The Bertz CT molecular complexity index is 877. The summed E-state index contributed by atoms with van der Waals surface area (Å²) in [4.78, 5) is 20.2. The lowest BCUT2D eigenvalue weighted by Gasteiger charge is -2.01. The second kappa shape index (κ2) is 4.28. The lowest BCUT2D eigenvalue weighted by Crippen LogP contribution is -2.04. The first-order chi connectivity index (χ1) is 9.56. The van der Waals surface area contributed by atoms with Gasteiger partial charge in [0.1, 0.15) is 23.5 Å². The van der Waals surface area contributed by atoms with Gasteiger partial charge in [-0.1, -0.05) is 23.2 Å². The normalized spacial score (nSPS) is 11.5. The van der Waals surface area contributed by atoms with Crippen molar-refractivity contribution in [2.24, 2.45) is 0 Å². The molecule has 0 amide bonds. The number of fused-ring (bicyclic) bond motifs is 3. The standard InChI is InChI=1S/C13H2Cl2N4O/c14-7-1-5-6(2-8(7)15)13(20)12-11(5)18-9(3-16)10(4-17)19-12/h1-2H. The van der Waals surface area contributed by atoms with E-state index in [4.69, 9.17) is 33.7 Å². The van der Waals surface area contributed by atoms with Crippen LogP contribution in [-0.4, -0.2) is 15.8 Å². The number of carbonyl (C=O) groups is 1. The van der Waals surface area contributed by atoms with Gasteiger partial charge in [-0.25, -0.2) is 9.97 Å². The molecule has 0 saturated heterocycles. The van der Waals surface area contributed by atoms with Gasteiger partial charge < -0.3 is 0 Å². The van der Waals surface area contributed by atoms with Crippen LogP contribution in [0, 0.1) is 22.7 Å². The molecule has 1 heterocycles. The summed E-state index contributed by atoms with van der Waals surface area (Å²) in [5.41, 5.74) is 0.761. The van der Waals surface area contributed by atoms with Gasteiger partial charge in [-0.05, 0) is 12.1 Å². The molecule has 0 atom stereocenters. The number of nitrogens with zero attached hydrogens (tertiary/aromatic N) is 4. The van der Waals surface area contributed by atoms with Crippen LogP contribution in [0.15, 0.2) is 12.1 Å². The Labute approximate surface area is 123 Å². The van der Waals surface area contributed by atoms with E-state index in [1.165, 1.54) is 12.1 Å². The van der Waals surface area contributed by atoms with Crippen molar-refractivity contribution in [1.29, 1.82) is 10.5 Å². The molecular formula is C13H2Cl2N4O. The fourth-order valence-corrected chi connectivity index (χ4v) is 2.32. The molecule has 0 aliphatic heterocycles. The fraction of sp³-hybridized carbons (Fsp3) is 0. The molecule has 0 unspecified atom stereocenters. The number of carbonyl (C=O) groups excluding carboxylic acids is 1. The molecule has 0 radical (unpaired) electrons. The quantitative estimate of drug-likeness (QED) is 0.636.